The number of amides is 1. The second-order valence-electron chi connectivity index (χ2n) is 8.38. The van der Waals surface area contributed by atoms with Gasteiger partial charge in [0.05, 0.1) is 10.6 Å². The molecule has 0 unspecified atom stereocenters. The molecular weight excluding hydrogens is 460 g/mol. The summed E-state index contributed by atoms with van der Waals surface area (Å²) in [5.41, 5.74) is 2.74. The first kappa shape index (κ1) is 24.3. The SMILES string of the molecule is CC[C@H](Oc1cccc2ccccc12)C(=O)Nc1ccc(S(=O)(=O)Nc2c(C)cccc2C)cc1. The van der Waals surface area contributed by atoms with E-state index >= 15 is 0 Å². The van der Waals surface area contributed by atoms with E-state index in [9.17, 15) is 13.2 Å². The standard InChI is InChI=1S/C28H28N2O4S/c1-4-25(34-26-14-8-12-21-11-5-6-13-24(21)26)28(31)29-22-15-17-23(18-16-22)35(32,33)30-27-19(2)9-7-10-20(27)3/h5-18,25,30H,4H2,1-3H3,(H,29,31)/t25-/m0/s1. The fraction of sp³-hybridized carbons (Fsp3) is 0.179. The van der Waals surface area contributed by atoms with Crippen molar-refractivity contribution in [2.24, 2.45) is 0 Å². The maximum Gasteiger partial charge on any atom is 0.265 e. The Morgan fingerprint density at radius 3 is 2.17 bits per heavy atom. The van der Waals surface area contributed by atoms with Gasteiger partial charge in [-0.2, -0.15) is 0 Å². The number of aryl methyl sites for hydroxylation is 2. The van der Waals surface area contributed by atoms with Crippen LogP contribution < -0.4 is 14.8 Å². The van der Waals surface area contributed by atoms with Crippen molar-refractivity contribution in [3.8, 4) is 5.75 Å². The average molecular weight is 489 g/mol. The van der Waals surface area contributed by atoms with Gasteiger partial charge in [-0.25, -0.2) is 8.42 Å². The summed E-state index contributed by atoms with van der Waals surface area (Å²) in [6, 6.07) is 25.3. The Balaban J connectivity index is 1.47. The summed E-state index contributed by atoms with van der Waals surface area (Å²) in [5.74, 6) is 0.341. The maximum atomic E-state index is 12.9. The van der Waals surface area contributed by atoms with Crippen molar-refractivity contribution in [1.82, 2.24) is 0 Å². The van der Waals surface area contributed by atoms with E-state index in [-0.39, 0.29) is 10.8 Å². The fourth-order valence-electron chi connectivity index (χ4n) is 3.88. The third-order valence-electron chi connectivity index (χ3n) is 5.83. The van der Waals surface area contributed by atoms with Gasteiger partial charge in [-0.3, -0.25) is 9.52 Å². The quantitative estimate of drug-likeness (QED) is 0.316. The van der Waals surface area contributed by atoms with Crippen LogP contribution in [0.2, 0.25) is 0 Å². The Morgan fingerprint density at radius 1 is 0.857 bits per heavy atom. The van der Waals surface area contributed by atoms with E-state index in [1.54, 1.807) is 12.1 Å². The summed E-state index contributed by atoms with van der Waals surface area (Å²) in [7, 11) is -3.77. The molecule has 4 aromatic rings. The van der Waals surface area contributed by atoms with Crippen LogP contribution in [0.15, 0.2) is 89.8 Å². The smallest absolute Gasteiger partial charge is 0.265 e. The lowest BCUT2D eigenvalue weighted by Gasteiger charge is -2.19. The van der Waals surface area contributed by atoms with Crippen LogP contribution in [0, 0.1) is 13.8 Å². The molecule has 0 aliphatic heterocycles. The molecule has 2 N–H and O–H groups in total. The molecule has 0 radical (unpaired) electrons. The van der Waals surface area contributed by atoms with E-state index in [0.717, 1.165) is 21.9 Å². The Bertz CT molecular complexity index is 1440. The molecular formula is C28H28N2O4S. The number of rotatable bonds is 8. The lowest BCUT2D eigenvalue weighted by molar-refractivity contribution is -0.122. The molecule has 0 aromatic heterocycles. The van der Waals surface area contributed by atoms with Crippen LogP contribution in [0.5, 0.6) is 5.75 Å². The normalized spacial score (nSPS) is 12.2. The van der Waals surface area contributed by atoms with Gasteiger partial charge in [0, 0.05) is 11.1 Å². The third kappa shape index (κ3) is 5.46. The molecule has 0 saturated carbocycles. The number of hydrogen-bond acceptors (Lipinski definition) is 4. The van der Waals surface area contributed by atoms with Crippen molar-refractivity contribution in [2.75, 3.05) is 10.0 Å². The van der Waals surface area contributed by atoms with Crippen molar-refractivity contribution in [2.45, 2.75) is 38.2 Å². The van der Waals surface area contributed by atoms with E-state index in [4.69, 9.17) is 4.74 Å². The Labute approximate surface area is 206 Å². The average Bonchev–Trinajstić information content (AvgIpc) is 2.85. The second-order valence-corrected chi connectivity index (χ2v) is 10.1. The van der Waals surface area contributed by atoms with Gasteiger partial charge >= 0.3 is 0 Å². The zero-order chi connectivity index (χ0) is 25.0. The molecule has 0 aliphatic rings. The molecule has 0 bridgehead atoms. The minimum Gasteiger partial charge on any atom is -0.480 e. The minimum atomic E-state index is -3.77. The number of nitrogens with one attached hydrogen (secondary N) is 2. The van der Waals surface area contributed by atoms with Crippen LogP contribution in [0.25, 0.3) is 10.8 Å². The summed E-state index contributed by atoms with van der Waals surface area (Å²) in [4.78, 5) is 13.0. The van der Waals surface area contributed by atoms with E-state index in [0.29, 0.717) is 23.5 Å². The van der Waals surface area contributed by atoms with Gasteiger partial charge in [0.25, 0.3) is 15.9 Å². The molecule has 0 fully saturated rings. The van der Waals surface area contributed by atoms with Gasteiger partial charge in [-0.1, -0.05) is 61.5 Å². The zero-order valence-electron chi connectivity index (χ0n) is 19.9. The van der Waals surface area contributed by atoms with Crippen molar-refractivity contribution in [3.05, 3.63) is 96.1 Å². The van der Waals surface area contributed by atoms with Crippen molar-refractivity contribution < 1.29 is 17.9 Å². The lowest BCUT2D eigenvalue weighted by Crippen LogP contribution is -2.32. The summed E-state index contributed by atoms with van der Waals surface area (Å²) >= 11 is 0. The molecule has 6 nitrogen and oxygen atoms in total. The minimum absolute atomic E-state index is 0.109. The molecule has 0 heterocycles. The lowest BCUT2D eigenvalue weighted by atomic mass is 10.1. The molecule has 180 valence electrons. The van der Waals surface area contributed by atoms with E-state index < -0.39 is 16.1 Å². The predicted molar refractivity (Wildman–Crippen MR) is 140 cm³/mol. The summed E-state index contributed by atoms with van der Waals surface area (Å²) in [5, 5.41) is 4.80. The predicted octanol–water partition coefficient (Wildman–Crippen LogP) is 6.05. The number of ether oxygens (including phenoxy) is 1. The van der Waals surface area contributed by atoms with Crippen molar-refractivity contribution in [3.63, 3.8) is 0 Å². The first-order valence-electron chi connectivity index (χ1n) is 11.4. The molecule has 1 atom stereocenters. The summed E-state index contributed by atoms with van der Waals surface area (Å²) < 4.78 is 34.5. The number of carbonyl (C=O) groups is 1. The summed E-state index contributed by atoms with van der Waals surface area (Å²) in [6.07, 6.45) is -0.226. The van der Waals surface area contributed by atoms with Crippen LogP contribution in [-0.2, 0) is 14.8 Å². The van der Waals surface area contributed by atoms with Crippen LogP contribution in [-0.4, -0.2) is 20.4 Å². The number of benzene rings is 4. The van der Waals surface area contributed by atoms with E-state index in [1.165, 1.54) is 12.1 Å². The van der Waals surface area contributed by atoms with Crippen LogP contribution in [0.4, 0.5) is 11.4 Å². The number of hydrogen-bond donors (Lipinski definition) is 2. The number of anilines is 2. The first-order valence-corrected chi connectivity index (χ1v) is 12.9. The van der Waals surface area contributed by atoms with Gasteiger partial charge < -0.3 is 10.1 Å². The first-order chi connectivity index (χ1) is 16.8. The Kier molecular flexibility index (Phi) is 7.07. The summed E-state index contributed by atoms with van der Waals surface area (Å²) in [6.45, 7) is 5.59. The van der Waals surface area contributed by atoms with Gasteiger partial charge in [0.2, 0.25) is 0 Å². The molecule has 4 aromatic carbocycles. The number of carbonyl (C=O) groups excluding carboxylic acids is 1. The molecule has 7 heteroatoms. The molecule has 0 saturated heterocycles. The van der Waals surface area contributed by atoms with Gasteiger partial charge in [-0.15, -0.1) is 0 Å². The largest absolute Gasteiger partial charge is 0.480 e. The number of sulfonamides is 1. The highest BCUT2D eigenvalue weighted by Crippen LogP contribution is 2.27. The van der Waals surface area contributed by atoms with Crippen molar-refractivity contribution in [1.29, 1.82) is 0 Å². The Morgan fingerprint density at radius 2 is 1.49 bits per heavy atom. The van der Waals surface area contributed by atoms with Crippen LogP contribution in [0.3, 0.4) is 0 Å². The molecule has 4 rings (SSSR count). The highest BCUT2D eigenvalue weighted by atomic mass is 32.2. The molecule has 1 amide bonds. The van der Waals surface area contributed by atoms with Crippen LogP contribution >= 0.6 is 0 Å². The highest BCUT2D eigenvalue weighted by molar-refractivity contribution is 7.92. The highest BCUT2D eigenvalue weighted by Gasteiger charge is 2.21. The zero-order valence-corrected chi connectivity index (χ0v) is 20.7. The van der Waals surface area contributed by atoms with E-state index in [1.807, 2.05) is 81.4 Å². The number of para-hydroxylation sites is 1. The Hall–Kier alpha value is -3.84. The van der Waals surface area contributed by atoms with Gasteiger partial charge in [0.15, 0.2) is 6.10 Å². The maximum absolute atomic E-state index is 12.9. The third-order valence-corrected chi connectivity index (χ3v) is 7.20. The molecule has 35 heavy (non-hydrogen) atoms. The van der Waals surface area contributed by atoms with E-state index in [2.05, 4.69) is 10.0 Å². The van der Waals surface area contributed by atoms with Crippen molar-refractivity contribution >= 4 is 38.1 Å². The fourth-order valence-corrected chi connectivity index (χ4v) is 5.09. The molecule has 0 spiro atoms. The topological polar surface area (TPSA) is 84.5 Å². The van der Waals surface area contributed by atoms with Gasteiger partial charge in [0.1, 0.15) is 5.75 Å². The molecule has 0 aliphatic carbocycles. The van der Waals surface area contributed by atoms with Gasteiger partial charge in [-0.05, 0) is 67.1 Å². The number of fused-ring (bicyclic) bond motifs is 1. The van der Waals surface area contributed by atoms with Crippen LogP contribution in [0.1, 0.15) is 24.5 Å². The second kappa shape index (κ2) is 10.2. The monoisotopic (exact) mass is 488 g/mol.